The second-order valence-electron chi connectivity index (χ2n) is 5.03. The van der Waals surface area contributed by atoms with E-state index in [1.807, 2.05) is 0 Å². The Morgan fingerprint density at radius 2 is 1.54 bits per heavy atom. The molecular formula is C18H12O6. The first-order valence-corrected chi connectivity index (χ1v) is 6.97. The number of carbonyl (C=O) groups is 2. The minimum absolute atomic E-state index is 0.0890. The molecule has 0 fully saturated rings. The highest BCUT2D eigenvalue weighted by atomic mass is 16.5. The van der Waals surface area contributed by atoms with Gasteiger partial charge in [-0.25, -0.2) is 9.59 Å². The van der Waals surface area contributed by atoms with E-state index < -0.39 is 17.7 Å². The van der Waals surface area contributed by atoms with Gasteiger partial charge in [0.05, 0.1) is 0 Å². The summed E-state index contributed by atoms with van der Waals surface area (Å²) in [5.74, 6) is -3.45. The van der Waals surface area contributed by atoms with Gasteiger partial charge in [-0.2, -0.15) is 0 Å². The molecule has 6 heteroatoms. The Hall–Kier alpha value is -3.54. The lowest BCUT2D eigenvalue weighted by Gasteiger charge is -2.10. The molecule has 120 valence electrons. The molecule has 6 nitrogen and oxygen atoms in total. The summed E-state index contributed by atoms with van der Waals surface area (Å²) in [7, 11) is 0. The number of phenols is 2. The molecule has 0 aliphatic carbocycles. The van der Waals surface area contributed by atoms with Gasteiger partial charge in [-0.3, -0.25) is 0 Å². The zero-order valence-corrected chi connectivity index (χ0v) is 12.3. The second kappa shape index (κ2) is 5.92. The highest BCUT2D eigenvalue weighted by molar-refractivity contribution is 6.02. The van der Waals surface area contributed by atoms with Crippen LogP contribution in [0.25, 0.3) is 10.8 Å². The first-order valence-electron chi connectivity index (χ1n) is 6.97. The quantitative estimate of drug-likeness (QED) is 0.505. The fourth-order valence-corrected chi connectivity index (χ4v) is 2.35. The van der Waals surface area contributed by atoms with Crippen LogP contribution in [0.15, 0.2) is 54.6 Å². The number of hydrogen-bond acceptors (Lipinski definition) is 5. The number of rotatable bonds is 3. The summed E-state index contributed by atoms with van der Waals surface area (Å²) in [6.07, 6.45) is 0. The molecule has 0 bridgehead atoms. The number of aromatic carboxylic acids is 1. The number of ether oxygens (including phenoxy) is 1. The lowest BCUT2D eigenvalue weighted by atomic mass is 10.1. The van der Waals surface area contributed by atoms with Crippen LogP contribution in [0.2, 0.25) is 0 Å². The van der Waals surface area contributed by atoms with E-state index in [9.17, 15) is 19.8 Å². The summed E-state index contributed by atoms with van der Waals surface area (Å²) in [6.45, 7) is 0. The number of phenolic OH excluding ortho intramolecular Hbond substituents is 1. The van der Waals surface area contributed by atoms with Gasteiger partial charge >= 0.3 is 11.9 Å². The highest BCUT2D eigenvalue weighted by Gasteiger charge is 2.20. The molecule has 0 aliphatic rings. The third kappa shape index (κ3) is 2.61. The van der Waals surface area contributed by atoms with Crippen LogP contribution >= 0.6 is 0 Å². The average molecular weight is 324 g/mol. The Bertz CT molecular complexity index is 961. The maximum atomic E-state index is 12.3. The highest BCUT2D eigenvalue weighted by Crippen LogP contribution is 2.33. The normalized spacial score (nSPS) is 10.5. The number of fused-ring (bicyclic) bond motifs is 1. The summed E-state index contributed by atoms with van der Waals surface area (Å²) in [4.78, 5) is 23.3. The van der Waals surface area contributed by atoms with E-state index in [4.69, 9.17) is 9.84 Å². The molecule has 0 aliphatic heterocycles. The topological polar surface area (TPSA) is 104 Å². The molecule has 0 saturated heterocycles. The Kier molecular flexibility index (Phi) is 3.79. The monoisotopic (exact) mass is 324 g/mol. The van der Waals surface area contributed by atoms with Crippen LogP contribution in [-0.4, -0.2) is 27.3 Å². The molecule has 3 N–H and O–H groups in total. The van der Waals surface area contributed by atoms with Gasteiger partial charge in [0.25, 0.3) is 0 Å². The molecule has 0 atom stereocenters. The summed E-state index contributed by atoms with van der Waals surface area (Å²) < 4.78 is 5.04. The molecule has 0 saturated carbocycles. The van der Waals surface area contributed by atoms with Gasteiger partial charge in [-0.1, -0.05) is 36.4 Å². The van der Waals surface area contributed by atoms with E-state index in [-0.39, 0.29) is 22.6 Å². The van der Waals surface area contributed by atoms with Crippen LogP contribution in [0.5, 0.6) is 17.2 Å². The number of carbonyl (C=O) groups excluding carboxylic acids is 1. The number of benzene rings is 3. The van der Waals surface area contributed by atoms with Gasteiger partial charge in [0.2, 0.25) is 0 Å². The molecule has 0 spiro atoms. The molecule has 3 aromatic carbocycles. The number of aromatic hydroxyl groups is 2. The lowest BCUT2D eigenvalue weighted by Crippen LogP contribution is -2.10. The average Bonchev–Trinajstić information content (AvgIpc) is 2.57. The Morgan fingerprint density at radius 1 is 0.792 bits per heavy atom. The smallest absolute Gasteiger partial charge is 0.347 e. The largest absolute Gasteiger partial charge is 0.506 e. The van der Waals surface area contributed by atoms with Gasteiger partial charge < -0.3 is 20.1 Å². The van der Waals surface area contributed by atoms with E-state index >= 15 is 0 Å². The van der Waals surface area contributed by atoms with Crippen molar-refractivity contribution in [3.63, 3.8) is 0 Å². The van der Waals surface area contributed by atoms with Crippen molar-refractivity contribution in [3.05, 3.63) is 65.7 Å². The van der Waals surface area contributed by atoms with Gasteiger partial charge in [-0.15, -0.1) is 0 Å². The van der Waals surface area contributed by atoms with Gasteiger partial charge in [0.1, 0.15) is 16.9 Å². The first-order chi connectivity index (χ1) is 11.5. The minimum Gasteiger partial charge on any atom is -0.506 e. The van der Waals surface area contributed by atoms with Crippen LogP contribution < -0.4 is 4.74 Å². The lowest BCUT2D eigenvalue weighted by molar-refractivity contribution is 0.0680. The number of para-hydroxylation sites is 1. The second-order valence-corrected chi connectivity index (χ2v) is 5.03. The van der Waals surface area contributed by atoms with Crippen LogP contribution in [0.4, 0.5) is 0 Å². The SMILES string of the molecule is O=C(O)c1cccc(OC(=O)c2ccc3ccccc3c2O)c1O. The molecule has 0 unspecified atom stereocenters. The maximum Gasteiger partial charge on any atom is 0.347 e. The van der Waals surface area contributed by atoms with E-state index in [0.717, 1.165) is 5.39 Å². The molecule has 0 radical (unpaired) electrons. The van der Waals surface area contributed by atoms with Crippen molar-refractivity contribution in [2.24, 2.45) is 0 Å². The van der Waals surface area contributed by atoms with Crippen molar-refractivity contribution >= 4 is 22.7 Å². The molecule has 3 rings (SSSR count). The zero-order chi connectivity index (χ0) is 17.3. The van der Waals surface area contributed by atoms with Crippen molar-refractivity contribution in [3.8, 4) is 17.2 Å². The van der Waals surface area contributed by atoms with Crippen LogP contribution in [0.1, 0.15) is 20.7 Å². The van der Waals surface area contributed by atoms with E-state index in [0.29, 0.717) is 5.39 Å². The predicted molar refractivity (Wildman–Crippen MR) is 85.6 cm³/mol. The van der Waals surface area contributed by atoms with Crippen molar-refractivity contribution in [2.75, 3.05) is 0 Å². The Balaban J connectivity index is 1.98. The fraction of sp³-hybridized carbons (Fsp3) is 0. The van der Waals surface area contributed by atoms with E-state index in [1.165, 1.54) is 24.3 Å². The number of hydrogen-bond donors (Lipinski definition) is 3. The molecule has 3 aromatic rings. The fourth-order valence-electron chi connectivity index (χ4n) is 2.35. The van der Waals surface area contributed by atoms with Crippen LogP contribution in [0, 0.1) is 0 Å². The molecule has 0 amide bonds. The summed E-state index contributed by atoms with van der Waals surface area (Å²) in [6, 6.07) is 13.8. The molecule has 0 heterocycles. The van der Waals surface area contributed by atoms with Gasteiger partial charge in [0.15, 0.2) is 11.5 Å². The van der Waals surface area contributed by atoms with Crippen LogP contribution in [0.3, 0.4) is 0 Å². The Morgan fingerprint density at radius 3 is 2.29 bits per heavy atom. The van der Waals surface area contributed by atoms with Crippen LogP contribution in [-0.2, 0) is 0 Å². The summed E-state index contributed by atoms with van der Waals surface area (Å²) in [5.41, 5.74) is -0.475. The maximum absolute atomic E-state index is 12.3. The van der Waals surface area contributed by atoms with E-state index in [1.54, 1.807) is 30.3 Å². The van der Waals surface area contributed by atoms with Crippen molar-refractivity contribution in [1.29, 1.82) is 0 Å². The predicted octanol–water partition coefficient (Wildman–Crippen LogP) is 3.17. The first kappa shape index (κ1) is 15.4. The summed E-state index contributed by atoms with van der Waals surface area (Å²) >= 11 is 0. The van der Waals surface area contributed by atoms with Gasteiger partial charge in [0, 0.05) is 5.39 Å². The standard InChI is InChI=1S/C18H12O6/c19-15-11-5-2-1-4-10(11)8-9-13(15)18(23)24-14-7-3-6-12(16(14)20)17(21)22/h1-9,19-20H,(H,21,22). The van der Waals surface area contributed by atoms with Crippen molar-refractivity contribution in [1.82, 2.24) is 0 Å². The zero-order valence-electron chi connectivity index (χ0n) is 12.3. The third-order valence-corrected chi connectivity index (χ3v) is 3.55. The van der Waals surface area contributed by atoms with Crippen molar-refractivity contribution < 1.29 is 29.6 Å². The number of carboxylic acid groups (broad SMARTS) is 1. The van der Waals surface area contributed by atoms with E-state index in [2.05, 4.69) is 0 Å². The Labute approximate surface area is 136 Å². The number of carboxylic acids is 1. The number of esters is 1. The minimum atomic E-state index is -1.35. The molecule has 0 aromatic heterocycles. The van der Waals surface area contributed by atoms with Gasteiger partial charge in [-0.05, 0) is 23.6 Å². The molecule has 24 heavy (non-hydrogen) atoms. The molecular weight excluding hydrogens is 312 g/mol. The van der Waals surface area contributed by atoms with Crippen molar-refractivity contribution in [2.45, 2.75) is 0 Å². The third-order valence-electron chi connectivity index (χ3n) is 3.55. The summed E-state index contributed by atoms with van der Waals surface area (Å²) in [5, 5.41) is 30.3.